The number of nitrogens with one attached hydrogen (secondary N) is 1. The first kappa shape index (κ1) is 27.3. The van der Waals surface area contributed by atoms with Gasteiger partial charge in [0.2, 0.25) is 0 Å². The number of hydrogen-bond acceptors (Lipinski definition) is 6. The van der Waals surface area contributed by atoms with Gasteiger partial charge in [-0.3, -0.25) is 9.10 Å². The van der Waals surface area contributed by atoms with Crippen LogP contribution in [0.4, 0.5) is 5.69 Å². The molecule has 0 bridgehead atoms. The van der Waals surface area contributed by atoms with Gasteiger partial charge in [-0.25, -0.2) is 8.42 Å². The molecule has 38 heavy (non-hydrogen) atoms. The summed E-state index contributed by atoms with van der Waals surface area (Å²) in [6, 6.07) is 19.3. The van der Waals surface area contributed by atoms with Crippen LogP contribution in [0.3, 0.4) is 0 Å². The highest BCUT2D eigenvalue weighted by Crippen LogP contribution is 2.40. The molecule has 9 heteroatoms. The second kappa shape index (κ2) is 10.9. The number of nitrogens with zero attached hydrogens (tertiary/aromatic N) is 1. The van der Waals surface area contributed by atoms with Crippen LogP contribution in [0.15, 0.2) is 71.6 Å². The Bertz CT molecular complexity index is 1400. The number of benzene rings is 3. The Morgan fingerprint density at radius 2 is 1.79 bits per heavy atom. The number of carbonyl (C=O) groups excluding carboxylic acids is 1. The van der Waals surface area contributed by atoms with Crippen molar-refractivity contribution in [1.29, 1.82) is 0 Å². The van der Waals surface area contributed by atoms with Crippen molar-refractivity contribution in [3.05, 3.63) is 77.9 Å². The van der Waals surface area contributed by atoms with E-state index in [4.69, 9.17) is 14.2 Å². The fraction of sp³-hybridized carbons (Fsp3) is 0.345. The van der Waals surface area contributed by atoms with Crippen LogP contribution in [0, 0.1) is 6.92 Å². The predicted octanol–water partition coefficient (Wildman–Crippen LogP) is 4.45. The van der Waals surface area contributed by atoms with Gasteiger partial charge in [0.05, 0.1) is 30.8 Å². The highest BCUT2D eigenvalue weighted by atomic mass is 32.2. The van der Waals surface area contributed by atoms with Crippen LogP contribution < -0.4 is 23.8 Å². The van der Waals surface area contributed by atoms with Crippen LogP contribution in [-0.2, 0) is 20.2 Å². The van der Waals surface area contributed by atoms with Crippen molar-refractivity contribution in [2.24, 2.45) is 0 Å². The van der Waals surface area contributed by atoms with Gasteiger partial charge >= 0.3 is 0 Å². The topological polar surface area (TPSA) is 94.2 Å². The van der Waals surface area contributed by atoms with Gasteiger partial charge in [-0.05, 0) is 65.9 Å². The summed E-state index contributed by atoms with van der Waals surface area (Å²) in [5.74, 6) is 1.21. The molecule has 8 nitrogen and oxygen atoms in total. The second-order valence-corrected chi connectivity index (χ2v) is 12.0. The van der Waals surface area contributed by atoms with E-state index in [1.807, 2.05) is 43.3 Å². The third-order valence-electron chi connectivity index (χ3n) is 6.39. The van der Waals surface area contributed by atoms with Crippen LogP contribution in [-0.4, -0.2) is 47.2 Å². The highest BCUT2D eigenvalue weighted by Gasteiger charge is 2.38. The van der Waals surface area contributed by atoms with E-state index in [0.717, 1.165) is 16.9 Å². The van der Waals surface area contributed by atoms with Crippen LogP contribution in [0.25, 0.3) is 0 Å². The number of hydrogen-bond donors (Lipinski definition) is 1. The first-order valence-corrected chi connectivity index (χ1v) is 13.9. The van der Waals surface area contributed by atoms with E-state index in [0.29, 0.717) is 17.2 Å². The number of aryl methyl sites for hydroxylation is 1. The van der Waals surface area contributed by atoms with E-state index in [-0.39, 0.29) is 30.0 Å². The van der Waals surface area contributed by atoms with E-state index >= 15 is 0 Å². The largest absolute Gasteiger partial charge is 0.497 e. The van der Waals surface area contributed by atoms with Crippen molar-refractivity contribution < 1.29 is 27.4 Å². The zero-order valence-electron chi connectivity index (χ0n) is 22.4. The Kier molecular flexibility index (Phi) is 7.87. The van der Waals surface area contributed by atoms with Gasteiger partial charge in [0.1, 0.15) is 23.9 Å². The molecule has 0 fully saturated rings. The molecule has 1 aliphatic rings. The van der Waals surface area contributed by atoms with E-state index in [1.165, 1.54) is 23.5 Å². The number of amides is 1. The van der Waals surface area contributed by atoms with Crippen molar-refractivity contribution in [3.63, 3.8) is 0 Å². The number of para-hydroxylation sites is 1. The van der Waals surface area contributed by atoms with Crippen molar-refractivity contribution in [2.45, 2.75) is 44.1 Å². The molecule has 0 aliphatic carbocycles. The molecule has 1 N–H and O–H groups in total. The molecule has 3 aromatic rings. The fourth-order valence-corrected chi connectivity index (χ4v) is 5.59. The normalized spacial score (nSPS) is 15.3. The molecule has 0 spiro atoms. The monoisotopic (exact) mass is 538 g/mol. The van der Waals surface area contributed by atoms with Gasteiger partial charge in [0, 0.05) is 0 Å². The molecular formula is C29H34N2O6S. The van der Waals surface area contributed by atoms with Crippen LogP contribution in [0.2, 0.25) is 0 Å². The predicted molar refractivity (Wildman–Crippen MR) is 147 cm³/mol. The Balaban J connectivity index is 1.57. The zero-order valence-corrected chi connectivity index (χ0v) is 23.2. The van der Waals surface area contributed by atoms with Gasteiger partial charge in [0.15, 0.2) is 6.10 Å². The lowest BCUT2D eigenvalue weighted by Gasteiger charge is -2.36. The third kappa shape index (κ3) is 5.88. The molecule has 1 heterocycles. The van der Waals surface area contributed by atoms with Gasteiger partial charge in [-0.15, -0.1) is 0 Å². The summed E-state index contributed by atoms with van der Waals surface area (Å²) in [7, 11) is -2.48. The summed E-state index contributed by atoms with van der Waals surface area (Å²) in [6.45, 7) is 8.45. The maximum atomic E-state index is 13.8. The molecule has 1 aliphatic heterocycles. The third-order valence-corrected chi connectivity index (χ3v) is 8.18. The quantitative estimate of drug-likeness (QED) is 0.426. The Morgan fingerprint density at radius 3 is 2.45 bits per heavy atom. The van der Waals surface area contributed by atoms with Gasteiger partial charge in [-0.2, -0.15) is 0 Å². The van der Waals surface area contributed by atoms with Gasteiger partial charge in [0.25, 0.3) is 15.9 Å². The van der Waals surface area contributed by atoms with E-state index in [1.54, 1.807) is 18.2 Å². The summed E-state index contributed by atoms with van der Waals surface area (Å²) in [6.07, 6.45) is -1.03. The number of methoxy groups -OCH3 is 1. The Hall–Kier alpha value is -3.72. The lowest BCUT2D eigenvalue weighted by Crippen LogP contribution is -2.51. The molecule has 4 rings (SSSR count). The molecule has 0 saturated heterocycles. The minimum absolute atomic E-state index is 0.0955. The zero-order chi connectivity index (χ0) is 27.5. The smallest absolute Gasteiger partial charge is 0.264 e. The molecular weight excluding hydrogens is 504 g/mol. The first-order valence-electron chi connectivity index (χ1n) is 12.4. The minimum atomic E-state index is -4.00. The lowest BCUT2D eigenvalue weighted by molar-refractivity contribution is -0.127. The number of anilines is 1. The minimum Gasteiger partial charge on any atom is -0.497 e. The molecule has 0 aromatic heterocycles. The average Bonchev–Trinajstić information content (AvgIpc) is 2.90. The number of rotatable bonds is 8. The molecule has 0 unspecified atom stereocenters. The Morgan fingerprint density at radius 1 is 1.08 bits per heavy atom. The lowest BCUT2D eigenvalue weighted by atomic mass is 9.86. The highest BCUT2D eigenvalue weighted by molar-refractivity contribution is 7.92. The van der Waals surface area contributed by atoms with Crippen LogP contribution >= 0.6 is 0 Å². The fourth-order valence-electron chi connectivity index (χ4n) is 4.12. The van der Waals surface area contributed by atoms with E-state index in [9.17, 15) is 13.2 Å². The molecule has 0 radical (unpaired) electrons. The number of sulfonamides is 1. The molecule has 202 valence electrons. The maximum Gasteiger partial charge on any atom is 0.264 e. The van der Waals surface area contributed by atoms with Crippen molar-refractivity contribution >= 4 is 21.6 Å². The Labute approximate surface area is 224 Å². The van der Waals surface area contributed by atoms with Crippen molar-refractivity contribution in [1.82, 2.24) is 5.32 Å². The first-order chi connectivity index (χ1) is 18.0. The van der Waals surface area contributed by atoms with Gasteiger partial charge in [-0.1, -0.05) is 45.0 Å². The number of carbonyl (C=O) groups is 1. The summed E-state index contributed by atoms with van der Waals surface area (Å²) in [4.78, 5) is 13.2. The molecule has 1 amide bonds. The molecule has 1 atom stereocenters. The molecule has 3 aromatic carbocycles. The maximum absolute atomic E-state index is 13.8. The van der Waals surface area contributed by atoms with Crippen molar-refractivity contribution in [3.8, 4) is 17.2 Å². The van der Waals surface area contributed by atoms with E-state index in [2.05, 4.69) is 26.1 Å². The number of fused-ring (bicyclic) bond motifs is 1. The summed E-state index contributed by atoms with van der Waals surface area (Å²) in [5.41, 5.74) is 2.14. The van der Waals surface area contributed by atoms with E-state index < -0.39 is 22.0 Å². The average molecular weight is 539 g/mol. The van der Waals surface area contributed by atoms with Crippen molar-refractivity contribution in [2.75, 3.05) is 31.1 Å². The summed E-state index contributed by atoms with van der Waals surface area (Å²) in [5, 5.41) is 2.81. The summed E-state index contributed by atoms with van der Waals surface area (Å²) < 4.78 is 45.8. The number of ether oxygens (including phenoxy) is 3. The second-order valence-electron chi connectivity index (χ2n) is 10.2. The summed E-state index contributed by atoms with van der Waals surface area (Å²) >= 11 is 0. The van der Waals surface area contributed by atoms with Crippen LogP contribution in [0.5, 0.6) is 17.2 Å². The molecule has 0 saturated carbocycles. The van der Waals surface area contributed by atoms with Gasteiger partial charge < -0.3 is 19.5 Å². The van der Waals surface area contributed by atoms with Crippen LogP contribution in [0.1, 0.15) is 31.9 Å². The standard InChI is InChI=1S/C29H34N2O6S/c1-20-8-6-7-9-25(20)36-17-16-30-28(32)27-19-31(38(33,34)23-13-11-22(35-5)12-14-23)24-18-21(29(2,3)4)10-15-26(24)37-27/h6-15,18,27H,16-17,19H2,1-5H3,(H,30,32)/t27-/m0/s1. The SMILES string of the molecule is COc1ccc(S(=O)(=O)N2C[C@@H](C(=O)NCCOc3ccccc3C)Oc3ccc(C(C)(C)C)cc32)cc1.